The molecule has 4 nitrogen and oxygen atoms in total. The smallest absolute Gasteiger partial charge is 0.338 e. The number of anilines is 1. The number of benzene rings is 3. The zero-order valence-electron chi connectivity index (χ0n) is 13.9. The van der Waals surface area contributed by atoms with Crippen molar-refractivity contribution in [1.82, 2.24) is 0 Å². The van der Waals surface area contributed by atoms with Crippen LogP contribution in [0, 0.1) is 0 Å². The van der Waals surface area contributed by atoms with Crippen molar-refractivity contribution in [2.24, 2.45) is 0 Å². The molecule has 3 aromatic carbocycles. The van der Waals surface area contributed by atoms with Crippen molar-refractivity contribution < 1.29 is 14.3 Å². The van der Waals surface area contributed by atoms with E-state index in [4.69, 9.17) is 15.2 Å². The van der Waals surface area contributed by atoms with Crippen LogP contribution in [0.25, 0.3) is 11.1 Å². The topological polar surface area (TPSA) is 61.5 Å². The van der Waals surface area contributed by atoms with Gasteiger partial charge in [-0.2, -0.15) is 0 Å². The third kappa shape index (κ3) is 4.18. The minimum atomic E-state index is -0.401. The molecule has 0 fully saturated rings. The molecule has 3 aromatic rings. The predicted molar refractivity (Wildman–Crippen MR) is 98.4 cm³/mol. The standard InChI is InChI=1S/C21H19NO3/c1-24-21(23)18-11-17(16-7-9-19(22)10-8-16)12-20(13-18)25-14-15-5-3-2-4-6-15/h2-13H,14,22H2,1H3. The highest BCUT2D eigenvalue weighted by atomic mass is 16.5. The zero-order chi connectivity index (χ0) is 17.6. The fourth-order valence-electron chi connectivity index (χ4n) is 2.50. The summed E-state index contributed by atoms with van der Waals surface area (Å²) in [4.78, 5) is 12.0. The summed E-state index contributed by atoms with van der Waals surface area (Å²) in [5, 5.41) is 0. The summed E-state index contributed by atoms with van der Waals surface area (Å²) in [7, 11) is 1.36. The van der Waals surface area contributed by atoms with Crippen LogP contribution >= 0.6 is 0 Å². The molecule has 0 saturated heterocycles. The molecule has 0 unspecified atom stereocenters. The summed E-state index contributed by atoms with van der Waals surface area (Å²) in [5.41, 5.74) is 9.75. The molecular formula is C21H19NO3. The van der Waals surface area contributed by atoms with E-state index in [0.717, 1.165) is 16.7 Å². The molecule has 0 saturated carbocycles. The maximum atomic E-state index is 12.0. The Balaban J connectivity index is 1.92. The van der Waals surface area contributed by atoms with Crippen molar-refractivity contribution in [1.29, 1.82) is 0 Å². The first-order valence-electron chi connectivity index (χ1n) is 7.92. The molecule has 126 valence electrons. The van der Waals surface area contributed by atoms with Crippen LogP contribution in [0.5, 0.6) is 5.75 Å². The van der Waals surface area contributed by atoms with Gasteiger partial charge in [-0.15, -0.1) is 0 Å². The summed E-state index contributed by atoms with van der Waals surface area (Å²) in [6.45, 7) is 0.423. The lowest BCUT2D eigenvalue weighted by Crippen LogP contribution is -2.03. The van der Waals surface area contributed by atoms with Gasteiger partial charge in [0.2, 0.25) is 0 Å². The maximum absolute atomic E-state index is 12.0. The van der Waals surface area contributed by atoms with E-state index in [9.17, 15) is 4.79 Å². The molecule has 3 rings (SSSR count). The van der Waals surface area contributed by atoms with Crippen molar-refractivity contribution in [3.05, 3.63) is 83.9 Å². The first-order chi connectivity index (χ1) is 12.2. The maximum Gasteiger partial charge on any atom is 0.338 e. The fourth-order valence-corrected chi connectivity index (χ4v) is 2.50. The summed E-state index contributed by atoms with van der Waals surface area (Å²) in [5.74, 6) is 0.209. The number of hydrogen-bond donors (Lipinski definition) is 1. The Labute approximate surface area is 146 Å². The molecular weight excluding hydrogens is 314 g/mol. The molecule has 2 N–H and O–H groups in total. The van der Waals surface area contributed by atoms with Crippen LogP contribution in [0.2, 0.25) is 0 Å². The van der Waals surface area contributed by atoms with Crippen molar-refractivity contribution in [2.75, 3.05) is 12.8 Å². The summed E-state index contributed by atoms with van der Waals surface area (Å²) < 4.78 is 10.7. The van der Waals surface area contributed by atoms with E-state index in [1.165, 1.54) is 7.11 Å². The predicted octanol–water partition coefficient (Wildman–Crippen LogP) is 4.30. The van der Waals surface area contributed by atoms with E-state index in [1.807, 2.05) is 60.7 Å². The largest absolute Gasteiger partial charge is 0.489 e. The Morgan fingerprint density at radius 2 is 1.64 bits per heavy atom. The number of esters is 1. The average molecular weight is 333 g/mol. The summed E-state index contributed by atoms with van der Waals surface area (Å²) in [6.07, 6.45) is 0. The van der Waals surface area contributed by atoms with E-state index in [2.05, 4.69) is 0 Å². The lowest BCUT2D eigenvalue weighted by molar-refractivity contribution is 0.0600. The van der Waals surface area contributed by atoms with Gasteiger partial charge >= 0.3 is 5.97 Å². The number of nitrogens with two attached hydrogens (primary N) is 1. The molecule has 4 heteroatoms. The van der Waals surface area contributed by atoms with E-state index in [0.29, 0.717) is 23.6 Å². The van der Waals surface area contributed by atoms with Crippen molar-refractivity contribution in [2.45, 2.75) is 6.61 Å². The van der Waals surface area contributed by atoms with Gasteiger partial charge < -0.3 is 15.2 Å². The zero-order valence-corrected chi connectivity index (χ0v) is 13.9. The number of carbonyl (C=O) groups is 1. The van der Waals surface area contributed by atoms with Crippen LogP contribution in [0.1, 0.15) is 15.9 Å². The molecule has 25 heavy (non-hydrogen) atoms. The Morgan fingerprint density at radius 1 is 0.920 bits per heavy atom. The second-order valence-electron chi connectivity index (χ2n) is 5.63. The van der Waals surface area contributed by atoms with Gasteiger partial charge in [-0.05, 0) is 47.0 Å². The fraction of sp³-hybridized carbons (Fsp3) is 0.0952. The Kier molecular flexibility index (Phi) is 5.00. The van der Waals surface area contributed by atoms with E-state index >= 15 is 0 Å². The van der Waals surface area contributed by atoms with Crippen LogP contribution in [0.15, 0.2) is 72.8 Å². The molecule has 0 aliphatic heterocycles. The number of methoxy groups -OCH3 is 1. The van der Waals surface area contributed by atoms with E-state index in [-0.39, 0.29) is 0 Å². The van der Waals surface area contributed by atoms with Gasteiger partial charge in [-0.3, -0.25) is 0 Å². The molecule has 0 bridgehead atoms. The Bertz CT molecular complexity index is 858. The second-order valence-corrected chi connectivity index (χ2v) is 5.63. The first kappa shape index (κ1) is 16.6. The van der Waals surface area contributed by atoms with Crippen LogP contribution in [0.4, 0.5) is 5.69 Å². The normalized spacial score (nSPS) is 10.3. The number of nitrogen functional groups attached to an aromatic ring is 1. The van der Waals surface area contributed by atoms with Crippen LogP contribution < -0.4 is 10.5 Å². The molecule has 0 atom stereocenters. The van der Waals surface area contributed by atoms with Gasteiger partial charge in [0.05, 0.1) is 12.7 Å². The van der Waals surface area contributed by atoms with Crippen molar-refractivity contribution in [3.63, 3.8) is 0 Å². The monoisotopic (exact) mass is 333 g/mol. The number of carbonyl (C=O) groups excluding carboxylic acids is 1. The number of ether oxygens (including phenoxy) is 2. The van der Waals surface area contributed by atoms with Gasteiger partial charge in [0.25, 0.3) is 0 Å². The molecule has 0 radical (unpaired) electrons. The van der Waals surface area contributed by atoms with E-state index in [1.54, 1.807) is 12.1 Å². The molecule has 0 aliphatic carbocycles. The quantitative estimate of drug-likeness (QED) is 0.558. The lowest BCUT2D eigenvalue weighted by Gasteiger charge is -2.11. The third-order valence-corrected chi connectivity index (χ3v) is 3.82. The Morgan fingerprint density at radius 3 is 2.32 bits per heavy atom. The summed E-state index contributed by atoms with van der Waals surface area (Å²) in [6, 6.07) is 22.7. The van der Waals surface area contributed by atoms with Gasteiger partial charge in [0, 0.05) is 5.69 Å². The highest BCUT2D eigenvalue weighted by Gasteiger charge is 2.11. The van der Waals surface area contributed by atoms with Crippen molar-refractivity contribution in [3.8, 4) is 16.9 Å². The van der Waals surface area contributed by atoms with Crippen LogP contribution in [-0.4, -0.2) is 13.1 Å². The molecule has 0 spiro atoms. The number of hydrogen-bond acceptors (Lipinski definition) is 4. The highest BCUT2D eigenvalue weighted by Crippen LogP contribution is 2.28. The minimum Gasteiger partial charge on any atom is -0.489 e. The highest BCUT2D eigenvalue weighted by molar-refractivity contribution is 5.91. The van der Waals surface area contributed by atoms with E-state index < -0.39 is 5.97 Å². The summed E-state index contributed by atoms with van der Waals surface area (Å²) >= 11 is 0. The third-order valence-electron chi connectivity index (χ3n) is 3.82. The van der Waals surface area contributed by atoms with Gasteiger partial charge in [0.15, 0.2) is 0 Å². The molecule has 0 heterocycles. The number of rotatable bonds is 5. The first-order valence-corrected chi connectivity index (χ1v) is 7.92. The van der Waals surface area contributed by atoms with Gasteiger partial charge in [-0.1, -0.05) is 42.5 Å². The van der Waals surface area contributed by atoms with Crippen LogP contribution in [-0.2, 0) is 11.3 Å². The lowest BCUT2D eigenvalue weighted by atomic mass is 10.0. The van der Waals surface area contributed by atoms with Crippen LogP contribution in [0.3, 0.4) is 0 Å². The average Bonchev–Trinajstić information content (AvgIpc) is 2.67. The minimum absolute atomic E-state index is 0.401. The Hall–Kier alpha value is -3.27. The molecule has 0 aliphatic rings. The van der Waals surface area contributed by atoms with Gasteiger partial charge in [0.1, 0.15) is 12.4 Å². The molecule has 0 aromatic heterocycles. The van der Waals surface area contributed by atoms with Gasteiger partial charge in [-0.25, -0.2) is 4.79 Å². The SMILES string of the molecule is COC(=O)c1cc(OCc2ccccc2)cc(-c2ccc(N)cc2)c1. The molecule has 0 amide bonds. The van der Waals surface area contributed by atoms with Crippen molar-refractivity contribution >= 4 is 11.7 Å². The second kappa shape index (κ2) is 7.53.